The largest absolute Gasteiger partial charge is 0.508 e. The number of methoxy groups -OCH3 is 1. The minimum Gasteiger partial charge on any atom is -0.508 e. The van der Waals surface area contributed by atoms with Crippen molar-refractivity contribution in [1.82, 2.24) is 10.3 Å². The Kier molecular flexibility index (Phi) is 4.48. The molecule has 0 saturated carbocycles. The third kappa shape index (κ3) is 3.74. The second-order valence-electron chi connectivity index (χ2n) is 4.79. The van der Waals surface area contributed by atoms with Gasteiger partial charge in [-0.1, -0.05) is 0 Å². The van der Waals surface area contributed by atoms with Crippen LogP contribution < -0.4 is 5.32 Å². The summed E-state index contributed by atoms with van der Waals surface area (Å²) in [5, 5.41) is 11.6. The molecule has 124 valence electrons. The highest BCUT2D eigenvalue weighted by Crippen LogP contribution is 2.24. The Morgan fingerprint density at radius 3 is 2.70 bits per heavy atom. The van der Waals surface area contributed by atoms with Crippen LogP contribution in [0.2, 0.25) is 0 Å². The summed E-state index contributed by atoms with van der Waals surface area (Å²) in [6, 6.07) is 2.91. The van der Waals surface area contributed by atoms with E-state index in [1.165, 1.54) is 18.3 Å². The normalized spacial score (nSPS) is 12.9. The summed E-state index contributed by atoms with van der Waals surface area (Å²) in [5.74, 6) is -3.26. The van der Waals surface area contributed by atoms with E-state index >= 15 is 0 Å². The van der Waals surface area contributed by atoms with Crippen LogP contribution in [0.25, 0.3) is 10.9 Å². The number of halogens is 3. The van der Waals surface area contributed by atoms with Crippen LogP contribution in [-0.4, -0.2) is 41.3 Å². The number of aromatic nitrogens is 1. The summed E-state index contributed by atoms with van der Waals surface area (Å²) in [5.41, 5.74) is 1.08. The Hall–Kier alpha value is -2.71. The first-order chi connectivity index (χ1) is 10.7. The molecule has 0 aliphatic carbocycles. The summed E-state index contributed by atoms with van der Waals surface area (Å²) >= 11 is 0. The Morgan fingerprint density at radius 2 is 2.09 bits per heavy atom. The number of aromatic amines is 1. The summed E-state index contributed by atoms with van der Waals surface area (Å²) in [6.07, 6.45) is -3.84. The molecule has 0 aliphatic rings. The summed E-state index contributed by atoms with van der Waals surface area (Å²) < 4.78 is 41.5. The third-order valence-corrected chi connectivity index (χ3v) is 3.22. The standard InChI is InChI=1S/C14H13F3N2O4/c1-23-12(21)11(19-13(22)14(15,16)17)4-7-6-18-10-3-2-8(20)5-9(7)10/h2-3,5-6,11,18,20H,4H2,1H3,(H,19,22)/t11-/m0/s1. The van der Waals surface area contributed by atoms with Gasteiger partial charge in [0.1, 0.15) is 11.8 Å². The van der Waals surface area contributed by atoms with Gasteiger partial charge in [-0.2, -0.15) is 13.2 Å². The highest BCUT2D eigenvalue weighted by molar-refractivity contribution is 5.89. The Bertz CT molecular complexity index is 739. The van der Waals surface area contributed by atoms with Crippen LogP contribution in [0.15, 0.2) is 24.4 Å². The number of hydrogen-bond donors (Lipinski definition) is 3. The fraction of sp³-hybridized carbons (Fsp3) is 0.286. The summed E-state index contributed by atoms with van der Waals surface area (Å²) in [6.45, 7) is 0. The molecule has 1 aromatic carbocycles. The van der Waals surface area contributed by atoms with Crippen molar-refractivity contribution in [2.45, 2.75) is 18.6 Å². The molecule has 0 spiro atoms. The summed E-state index contributed by atoms with van der Waals surface area (Å²) in [7, 11) is 1.01. The number of amides is 1. The molecule has 1 amide bonds. The Morgan fingerprint density at radius 1 is 1.39 bits per heavy atom. The van der Waals surface area contributed by atoms with E-state index < -0.39 is 24.1 Å². The van der Waals surface area contributed by atoms with Crippen LogP contribution in [0, 0.1) is 0 Å². The topological polar surface area (TPSA) is 91.4 Å². The number of phenolic OH excluding ortho intramolecular Hbond substituents is 1. The van der Waals surface area contributed by atoms with E-state index in [9.17, 15) is 27.9 Å². The number of H-pyrrole nitrogens is 1. The van der Waals surface area contributed by atoms with Crippen LogP contribution in [0.4, 0.5) is 13.2 Å². The predicted octanol–water partition coefficient (Wildman–Crippen LogP) is 1.64. The van der Waals surface area contributed by atoms with E-state index in [-0.39, 0.29) is 12.2 Å². The zero-order valence-electron chi connectivity index (χ0n) is 11.9. The number of ether oxygens (including phenoxy) is 1. The molecule has 2 aromatic rings. The molecule has 0 aliphatic heterocycles. The molecule has 0 saturated heterocycles. The predicted molar refractivity (Wildman–Crippen MR) is 73.7 cm³/mol. The fourth-order valence-corrected chi connectivity index (χ4v) is 2.13. The lowest BCUT2D eigenvalue weighted by Crippen LogP contribution is -2.48. The molecule has 9 heteroatoms. The van der Waals surface area contributed by atoms with Crippen LogP contribution in [0.1, 0.15) is 5.56 Å². The van der Waals surface area contributed by atoms with Crippen molar-refractivity contribution in [2.24, 2.45) is 0 Å². The van der Waals surface area contributed by atoms with Crippen LogP contribution >= 0.6 is 0 Å². The molecule has 0 radical (unpaired) electrons. The van der Waals surface area contributed by atoms with Gasteiger partial charge in [-0.05, 0) is 23.8 Å². The first-order valence-electron chi connectivity index (χ1n) is 6.47. The molecule has 0 bridgehead atoms. The van der Waals surface area contributed by atoms with Gasteiger partial charge >= 0.3 is 18.1 Å². The van der Waals surface area contributed by atoms with Gasteiger partial charge in [0.2, 0.25) is 0 Å². The fourth-order valence-electron chi connectivity index (χ4n) is 2.13. The lowest BCUT2D eigenvalue weighted by molar-refractivity contribution is -0.175. The SMILES string of the molecule is COC(=O)[C@H](Cc1c[nH]c2ccc(O)cc12)NC(=O)C(F)(F)F. The molecule has 23 heavy (non-hydrogen) atoms. The van der Waals surface area contributed by atoms with Gasteiger partial charge in [0.25, 0.3) is 0 Å². The van der Waals surface area contributed by atoms with Gasteiger partial charge in [-0.3, -0.25) is 4.79 Å². The molecule has 1 atom stereocenters. The average Bonchev–Trinajstić information content (AvgIpc) is 2.87. The van der Waals surface area contributed by atoms with E-state index in [0.717, 1.165) is 7.11 Å². The first-order valence-corrected chi connectivity index (χ1v) is 6.47. The number of phenols is 1. The molecular formula is C14H13F3N2O4. The van der Waals surface area contributed by atoms with E-state index in [4.69, 9.17) is 0 Å². The van der Waals surface area contributed by atoms with Gasteiger partial charge in [0, 0.05) is 23.5 Å². The zero-order chi connectivity index (χ0) is 17.2. The molecular weight excluding hydrogens is 317 g/mol. The van der Waals surface area contributed by atoms with Gasteiger partial charge in [-0.15, -0.1) is 0 Å². The highest BCUT2D eigenvalue weighted by atomic mass is 19.4. The highest BCUT2D eigenvalue weighted by Gasteiger charge is 2.41. The van der Waals surface area contributed by atoms with E-state index in [0.29, 0.717) is 16.5 Å². The minimum atomic E-state index is -5.11. The second-order valence-corrected chi connectivity index (χ2v) is 4.79. The number of alkyl halides is 3. The lowest BCUT2D eigenvalue weighted by atomic mass is 10.0. The van der Waals surface area contributed by atoms with Crippen molar-refractivity contribution in [3.05, 3.63) is 30.0 Å². The van der Waals surface area contributed by atoms with Gasteiger partial charge < -0.3 is 20.1 Å². The van der Waals surface area contributed by atoms with Gasteiger partial charge in [0.15, 0.2) is 0 Å². The minimum absolute atomic E-state index is 0.0349. The van der Waals surface area contributed by atoms with E-state index in [1.807, 2.05) is 0 Å². The van der Waals surface area contributed by atoms with E-state index in [2.05, 4.69) is 9.72 Å². The number of benzene rings is 1. The van der Waals surface area contributed by atoms with Gasteiger partial charge in [-0.25, -0.2) is 4.79 Å². The molecule has 2 rings (SSSR count). The van der Waals surface area contributed by atoms with Crippen molar-refractivity contribution in [2.75, 3.05) is 7.11 Å². The van der Waals surface area contributed by atoms with Crippen molar-refractivity contribution < 1.29 is 32.6 Å². The quantitative estimate of drug-likeness (QED) is 0.743. The van der Waals surface area contributed by atoms with Gasteiger partial charge in [0.05, 0.1) is 7.11 Å². The maximum atomic E-state index is 12.4. The third-order valence-electron chi connectivity index (χ3n) is 3.22. The maximum Gasteiger partial charge on any atom is 0.471 e. The summed E-state index contributed by atoms with van der Waals surface area (Å²) in [4.78, 5) is 25.6. The molecule has 1 aromatic heterocycles. The second kappa shape index (κ2) is 6.19. The molecule has 0 fully saturated rings. The monoisotopic (exact) mass is 330 g/mol. The Balaban J connectivity index is 2.28. The number of hydrogen-bond acceptors (Lipinski definition) is 4. The number of esters is 1. The van der Waals surface area contributed by atoms with Crippen LogP contribution in [0.5, 0.6) is 5.75 Å². The molecule has 0 unspecified atom stereocenters. The van der Waals surface area contributed by atoms with Crippen LogP contribution in [0.3, 0.4) is 0 Å². The Labute approximate surface area is 128 Å². The van der Waals surface area contributed by atoms with Crippen molar-refractivity contribution in [1.29, 1.82) is 0 Å². The maximum absolute atomic E-state index is 12.4. The molecule has 1 heterocycles. The lowest BCUT2D eigenvalue weighted by Gasteiger charge is -2.17. The van der Waals surface area contributed by atoms with Crippen molar-refractivity contribution >= 4 is 22.8 Å². The van der Waals surface area contributed by atoms with Crippen LogP contribution in [-0.2, 0) is 20.7 Å². The number of nitrogens with one attached hydrogen (secondary N) is 2. The number of carbonyl (C=O) groups excluding carboxylic acids is 2. The van der Waals surface area contributed by atoms with Crippen molar-refractivity contribution in [3.63, 3.8) is 0 Å². The van der Waals surface area contributed by atoms with E-state index in [1.54, 1.807) is 11.4 Å². The number of carbonyl (C=O) groups is 2. The number of aromatic hydroxyl groups is 1. The average molecular weight is 330 g/mol. The molecule has 3 N–H and O–H groups in total. The number of rotatable bonds is 4. The number of fused-ring (bicyclic) bond motifs is 1. The zero-order valence-corrected chi connectivity index (χ0v) is 11.9. The first kappa shape index (κ1) is 16.7. The molecule has 6 nitrogen and oxygen atoms in total. The van der Waals surface area contributed by atoms with Crippen molar-refractivity contribution in [3.8, 4) is 5.75 Å². The smallest absolute Gasteiger partial charge is 0.471 e.